The largest absolute Gasteiger partial charge is 0.508 e. The van der Waals surface area contributed by atoms with Gasteiger partial charge in [-0.25, -0.2) is 0 Å². The molecule has 1 aliphatic rings. The molecule has 0 aromatic heterocycles. The fourth-order valence-electron chi connectivity index (χ4n) is 3.18. The number of nitrogens with zero attached hydrogens (tertiary/aromatic N) is 1. The number of anilines is 1. The highest BCUT2D eigenvalue weighted by molar-refractivity contribution is 7.80. The van der Waals surface area contributed by atoms with Gasteiger partial charge < -0.3 is 15.3 Å². The molecule has 0 bridgehead atoms. The molecule has 0 atom stereocenters. The molecule has 0 radical (unpaired) electrons. The highest BCUT2D eigenvalue weighted by atomic mass is 32.1. The van der Waals surface area contributed by atoms with E-state index in [9.17, 15) is 23.1 Å². The summed E-state index contributed by atoms with van der Waals surface area (Å²) >= 11 is 5.33. The third-order valence-electron chi connectivity index (χ3n) is 4.75. The summed E-state index contributed by atoms with van der Waals surface area (Å²) in [6, 6.07) is 11.1. The van der Waals surface area contributed by atoms with Gasteiger partial charge in [-0.1, -0.05) is 6.07 Å². The van der Waals surface area contributed by atoms with E-state index in [0.29, 0.717) is 36.6 Å². The Kier molecular flexibility index (Phi) is 5.88. The maximum atomic E-state index is 12.8. The fourth-order valence-corrected chi connectivity index (χ4v) is 3.48. The van der Waals surface area contributed by atoms with Gasteiger partial charge in [-0.3, -0.25) is 4.79 Å². The molecular weight excluding hydrogens is 389 g/mol. The Balaban J connectivity index is 1.57. The molecule has 4 nitrogen and oxygen atoms in total. The highest BCUT2D eigenvalue weighted by Crippen LogP contribution is 2.31. The van der Waals surface area contributed by atoms with Gasteiger partial charge in [0.25, 0.3) is 0 Å². The second-order valence-electron chi connectivity index (χ2n) is 6.68. The van der Waals surface area contributed by atoms with E-state index in [0.717, 1.165) is 12.1 Å². The van der Waals surface area contributed by atoms with Crippen LogP contribution >= 0.6 is 12.2 Å². The quantitative estimate of drug-likeness (QED) is 0.569. The second-order valence-corrected chi connectivity index (χ2v) is 7.07. The topological polar surface area (TPSA) is 52.6 Å². The van der Waals surface area contributed by atoms with E-state index < -0.39 is 11.7 Å². The van der Waals surface area contributed by atoms with Gasteiger partial charge in [0.15, 0.2) is 10.9 Å². The Bertz CT molecular complexity index is 860. The molecule has 0 aliphatic carbocycles. The number of benzene rings is 2. The summed E-state index contributed by atoms with van der Waals surface area (Å²) in [6.45, 7) is 1.08. The van der Waals surface area contributed by atoms with Gasteiger partial charge in [0.05, 0.1) is 5.56 Å². The van der Waals surface area contributed by atoms with Gasteiger partial charge in [-0.15, -0.1) is 0 Å². The number of rotatable bonds is 3. The first kappa shape index (κ1) is 20.1. The number of hydrogen-bond donors (Lipinski definition) is 2. The van der Waals surface area contributed by atoms with Crippen LogP contribution in [-0.4, -0.2) is 34.0 Å². The third kappa shape index (κ3) is 4.81. The van der Waals surface area contributed by atoms with Crippen molar-refractivity contribution in [1.82, 2.24) is 4.90 Å². The number of likely N-dealkylation sites (tertiary alicyclic amines) is 1. The molecule has 2 aromatic rings. The van der Waals surface area contributed by atoms with Crippen molar-refractivity contribution < 1.29 is 23.1 Å². The number of carbonyl (C=O) groups excluding carboxylic acids is 1. The summed E-state index contributed by atoms with van der Waals surface area (Å²) in [5, 5.41) is 12.5. The van der Waals surface area contributed by atoms with Crippen LogP contribution in [0.15, 0.2) is 48.5 Å². The van der Waals surface area contributed by atoms with Gasteiger partial charge in [0, 0.05) is 30.3 Å². The summed E-state index contributed by atoms with van der Waals surface area (Å²) in [4.78, 5) is 14.4. The average molecular weight is 408 g/mol. The van der Waals surface area contributed by atoms with Crippen LogP contribution in [0.4, 0.5) is 18.9 Å². The van der Waals surface area contributed by atoms with Crippen molar-refractivity contribution in [1.29, 1.82) is 0 Å². The molecule has 0 saturated carbocycles. The van der Waals surface area contributed by atoms with Crippen LogP contribution in [0.1, 0.15) is 28.8 Å². The minimum atomic E-state index is -4.41. The summed E-state index contributed by atoms with van der Waals surface area (Å²) in [5.74, 6) is -0.00839. The minimum absolute atomic E-state index is 0.0244. The van der Waals surface area contributed by atoms with Crippen LogP contribution < -0.4 is 5.32 Å². The number of ketones is 1. The van der Waals surface area contributed by atoms with Crippen molar-refractivity contribution in [3.8, 4) is 5.75 Å². The first-order chi connectivity index (χ1) is 13.2. The lowest BCUT2D eigenvalue weighted by Gasteiger charge is -2.33. The van der Waals surface area contributed by atoms with Gasteiger partial charge in [0.2, 0.25) is 0 Å². The lowest BCUT2D eigenvalue weighted by atomic mass is 9.89. The molecule has 1 fully saturated rings. The normalized spacial score (nSPS) is 15.3. The van der Waals surface area contributed by atoms with E-state index in [1.807, 2.05) is 4.90 Å². The van der Waals surface area contributed by atoms with Gasteiger partial charge >= 0.3 is 6.18 Å². The number of thiocarbonyl (C=S) groups is 1. The summed E-state index contributed by atoms with van der Waals surface area (Å²) in [6.07, 6.45) is -3.21. The first-order valence-corrected chi connectivity index (χ1v) is 9.21. The molecule has 0 spiro atoms. The molecule has 3 rings (SSSR count). The lowest BCUT2D eigenvalue weighted by molar-refractivity contribution is -0.137. The zero-order valence-corrected chi connectivity index (χ0v) is 15.7. The van der Waals surface area contributed by atoms with Crippen LogP contribution in [0.25, 0.3) is 0 Å². The van der Waals surface area contributed by atoms with Crippen LogP contribution in [0.5, 0.6) is 5.75 Å². The van der Waals surface area contributed by atoms with Crippen LogP contribution in [0.3, 0.4) is 0 Å². The second kappa shape index (κ2) is 8.18. The molecule has 8 heteroatoms. The number of halogens is 3. The van der Waals surface area contributed by atoms with Crippen molar-refractivity contribution in [2.45, 2.75) is 19.0 Å². The van der Waals surface area contributed by atoms with Crippen LogP contribution in [0, 0.1) is 5.92 Å². The van der Waals surface area contributed by atoms with Crippen molar-refractivity contribution in [2.24, 2.45) is 5.92 Å². The summed E-state index contributed by atoms with van der Waals surface area (Å²) < 4.78 is 38.5. The number of piperidine rings is 1. The predicted octanol–water partition coefficient (Wildman–Crippen LogP) is 4.70. The first-order valence-electron chi connectivity index (χ1n) is 8.80. The number of phenolic OH excluding ortho intramolecular Hbond substituents is 1. The fraction of sp³-hybridized carbons (Fsp3) is 0.300. The molecule has 28 heavy (non-hydrogen) atoms. The molecule has 148 valence electrons. The zero-order valence-electron chi connectivity index (χ0n) is 14.9. The van der Waals surface area contributed by atoms with E-state index in [4.69, 9.17) is 12.2 Å². The SMILES string of the molecule is O=C(c1ccc(O)cc1)C1CCN(C(=S)Nc2cccc(C(F)(F)F)c2)CC1. The molecule has 0 amide bonds. The Morgan fingerprint density at radius 1 is 1.11 bits per heavy atom. The van der Waals surface area contributed by atoms with Crippen molar-refractivity contribution in [2.75, 3.05) is 18.4 Å². The van der Waals surface area contributed by atoms with E-state index in [2.05, 4.69) is 5.32 Å². The van der Waals surface area contributed by atoms with Gasteiger partial charge in [-0.05, 0) is 67.5 Å². The average Bonchev–Trinajstić information content (AvgIpc) is 2.68. The Morgan fingerprint density at radius 2 is 1.75 bits per heavy atom. The Hall–Kier alpha value is -2.61. The van der Waals surface area contributed by atoms with E-state index in [-0.39, 0.29) is 23.1 Å². The Labute approximate surface area is 166 Å². The molecule has 1 heterocycles. The predicted molar refractivity (Wildman–Crippen MR) is 104 cm³/mol. The zero-order chi connectivity index (χ0) is 20.3. The van der Waals surface area contributed by atoms with E-state index in [1.165, 1.54) is 24.3 Å². The molecule has 2 aromatic carbocycles. The third-order valence-corrected chi connectivity index (χ3v) is 5.11. The number of Topliss-reactive ketones (excluding diaryl/α,β-unsaturated/α-hetero) is 1. The van der Waals surface area contributed by atoms with Crippen LogP contribution in [0.2, 0.25) is 0 Å². The number of hydrogen-bond acceptors (Lipinski definition) is 3. The van der Waals surface area contributed by atoms with Crippen molar-refractivity contribution in [3.05, 3.63) is 59.7 Å². The van der Waals surface area contributed by atoms with E-state index >= 15 is 0 Å². The number of carbonyl (C=O) groups is 1. The number of aromatic hydroxyl groups is 1. The van der Waals surface area contributed by atoms with E-state index in [1.54, 1.807) is 12.1 Å². The molecule has 1 aliphatic heterocycles. The van der Waals surface area contributed by atoms with Crippen molar-refractivity contribution >= 4 is 28.8 Å². The number of alkyl halides is 3. The van der Waals surface area contributed by atoms with Gasteiger partial charge in [-0.2, -0.15) is 13.2 Å². The molecule has 0 unspecified atom stereocenters. The summed E-state index contributed by atoms with van der Waals surface area (Å²) in [5.41, 5.74) is 0.0986. The number of nitrogens with one attached hydrogen (secondary N) is 1. The maximum absolute atomic E-state index is 12.8. The monoisotopic (exact) mass is 408 g/mol. The highest BCUT2D eigenvalue weighted by Gasteiger charge is 2.31. The van der Waals surface area contributed by atoms with Gasteiger partial charge in [0.1, 0.15) is 5.75 Å². The van der Waals surface area contributed by atoms with Crippen LogP contribution in [-0.2, 0) is 6.18 Å². The maximum Gasteiger partial charge on any atom is 0.416 e. The molecule has 1 saturated heterocycles. The number of phenols is 1. The van der Waals surface area contributed by atoms with Crippen molar-refractivity contribution in [3.63, 3.8) is 0 Å². The Morgan fingerprint density at radius 3 is 2.36 bits per heavy atom. The summed E-state index contributed by atoms with van der Waals surface area (Å²) in [7, 11) is 0. The molecular formula is C20H19F3N2O2S. The molecule has 2 N–H and O–H groups in total. The minimum Gasteiger partial charge on any atom is -0.508 e. The lowest BCUT2D eigenvalue weighted by Crippen LogP contribution is -2.42. The smallest absolute Gasteiger partial charge is 0.416 e. The standard InChI is InChI=1S/C20H19F3N2O2S/c21-20(22,23)15-2-1-3-16(12-15)24-19(28)25-10-8-14(9-11-25)18(27)13-4-6-17(26)7-5-13/h1-7,12,14,26H,8-11H2,(H,24,28).